The Morgan fingerprint density at radius 3 is 2.42 bits per heavy atom. The Labute approximate surface area is 207 Å². The topological polar surface area (TPSA) is 129 Å². The zero-order chi connectivity index (χ0) is 24.7. The number of hydrogen-bond acceptors (Lipinski definition) is 9. The zero-order valence-corrected chi connectivity index (χ0v) is 19.5. The molecule has 0 spiro atoms. The molecule has 0 bridgehead atoms. The van der Waals surface area contributed by atoms with E-state index in [1.807, 2.05) is 30.3 Å². The van der Waals surface area contributed by atoms with Crippen LogP contribution in [0.5, 0.6) is 0 Å². The van der Waals surface area contributed by atoms with Crippen molar-refractivity contribution in [3.05, 3.63) is 78.1 Å². The van der Waals surface area contributed by atoms with Crippen LogP contribution in [0.2, 0.25) is 0 Å². The van der Waals surface area contributed by atoms with Crippen LogP contribution in [-0.2, 0) is 0 Å². The van der Waals surface area contributed by atoms with Gasteiger partial charge in [-0.1, -0.05) is 30.3 Å². The van der Waals surface area contributed by atoms with Gasteiger partial charge < -0.3 is 19.7 Å². The van der Waals surface area contributed by atoms with Crippen LogP contribution in [0, 0.1) is 0 Å². The molecule has 3 N–H and O–H groups in total. The maximum Gasteiger partial charge on any atom is 0.335 e. The lowest BCUT2D eigenvalue weighted by molar-refractivity contribution is 0.0697. The molecule has 0 aliphatic carbocycles. The smallest absolute Gasteiger partial charge is 0.335 e. The molecule has 182 valence electrons. The molecule has 36 heavy (non-hydrogen) atoms. The van der Waals surface area contributed by atoms with Gasteiger partial charge in [0.2, 0.25) is 17.8 Å². The van der Waals surface area contributed by atoms with Crippen LogP contribution in [0.1, 0.15) is 35.4 Å². The summed E-state index contributed by atoms with van der Waals surface area (Å²) in [7, 11) is 0. The summed E-state index contributed by atoms with van der Waals surface area (Å²) in [6.45, 7) is 1.81. The molecule has 10 heteroatoms. The number of aromatic carboxylic acids is 1. The van der Waals surface area contributed by atoms with Crippen molar-refractivity contribution in [3.63, 3.8) is 0 Å². The Morgan fingerprint density at radius 1 is 0.917 bits per heavy atom. The average Bonchev–Trinajstić information content (AvgIpc) is 3.39. The average molecular weight is 484 g/mol. The molecule has 0 unspecified atom stereocenters. The summed E-state index contributed by atoms with van der Waals surface area (Å²) in [5, 5.41) is 16.5. The highest BCUT2D eigenvalue weighted by Crippen LogP contribution is 2.23. The van der Waals surface area contributed by atoms with Gasteiger partial charge in [-0.15, -0.1) is 0 Å². The lowest BCUT2D eigenvalue weighted by Gasteiger charge is -2.26. The second-order valence-electron chi connectivity index (χ2n) is 8.28. The molecular formula is C26H25N7O3. The quantitative estimate of drug-likeness (QED) is 0.234. The van der Waals surface area contributed by atoms with Gasteiger partial charge in [0.05, 0.1) is 11.8 Å². The standard InChI is InChI=1S/C26H25N7O3/c34-23(35)19-11-9-18(10-12-19)22-14-13-21(36-22)17-27-32-25-29-24(28-20-7-3-1-4-8-20)30-26(31-25)33-15-5-2-6-16-33/h1,3-4,7-14,17H,2,5-6,15-16H2,(H,34,35)(H2,28,29,30,31,32). The van der Waals surface area contributed by atoms with Gasteiger partial charge >= 0.3 is 5.97 Å². The van der Waals surface area contributed by atoms with Gasteiger partial charge in [0.1, 0.15) is 11.5 Å². The van der Waals surface area contributed by atoms with E-state index in [1.54, 1.807) is 24.3 Å². The number of anilines is 4. The minimum atomic E-state index is -0.969. The Kier molecular flexibility index (Phi) is 6.83. The van der Waals surface area contributed by atoms with Gasteiger partial charge in [-0.05, 0) is 55.7 Å². The molecule has 1 aliphatic heterocycles. The van der Waals surface area contributed by atoms with E-state index in [1.165, 1.54) is 24.8 Å². The number of hydrazone groups is 1. The first kappa shape index (κ1) is 23.0. The second-order valence-corrected chi connectivity index (χ2v) is 8.28. The summed E-state index contributed by atoms with van der Waals surface area (Å²) in [5.74, 6) is 1.51. The Bertz CT molecular complexity index is 1350. The number of benzene rings is 2. The highest BCUT2D eigenvalue weighted by atomic mass is 16.4. The van der Waals surface area contributed by atoms with Crippen molar-refractivity contribution in [2.45, 2.75) is 19.3 Å². The van der Waals surface area contributed by atoms with Crippen LogP contribution in [0.3, 0.4) is 0 Å². The number of carboxylic acid groups (broad SMARTS) is 1. The number of carbonyl (C=O) groups is 1. The van der Waals surface area contributed by atoms with Crippen LogP contribution in [0.4, 0.5) is 23.5 Å². The monoisotopic (exact) mass is 483 g/mol. The molecule has 0 saturated carbocycles. The number of rotatable bonds is 8. The van der Waals surface area contributed by atoms with Crippen LogP contribution < -0.4 is 15.6 Å². The highest BCUT2D eigenvalue weighted by Gasteiger charge is 2.16. The first-order valence-corrected chi connectivity index (χ1v) is 11.7. The third kappa shape index (κ3) is 5.66. The van der Waals surface area contributed by atoms with E-state index >= 15 is 0 Å². The van der Waals surface area contributed by atoms with Crippen molar-refractivity contribution in [1.29, 1.82) is 0 Å². The van der Waals surface area contributed by atoms with Crippen molar-refractivity contribution in [3.8, 4) is 11.3 Å². The number of furan rings is 1. The Morgan fingerprint density at radius 2 is 1.67 bits per heavy atom. The fourth-order valence-corrected chi connectivity index (χ4v) is 3.86. The van der Waals surface area contributed by atoms with Crippen molar-refractivity contribution in [2.75, 3.05) is 28.7 Å². The highest BCUT2D eigenvalue weighted by molar-refractivity contribution is 5.88. The van der Waals surface area contributed by atoms with Gasteiger partial charge in [0.25, 0.3) is 0 Å². The van der Waals surface area contributed by atoms with E-state index in [9.17, 15) is 4.79 Å². The fourth-order valence-electron chi connectivity index (χ4n) is 3.86. The van der Waals surface area contributed by atoms with E-state index in [-0.39, 0.29) is 5.56 Å². The number of para-hydroxylation sites is 1. The predicted molar refractivity (Wildman–Crippen MR) is 138 cm³/mol. The summed E-state index contributed by atoms with van der Waals surface area (Å²) in [6, 6.07) is 19.8. The zero-order valence-electron chi connectivity index (χ0n) is 19.5. The number of nitrogens with zero attached hydrogens (tertiary/aromatic N) is 5. The van der Waals surface area contributed by atoms with Crippen LogP contribution in [0.15, 0.2) is 76.2 Å². The summed E-state index contributed by atoms with van der Waals surface area (Å²) < 4.78 is 5.82. The second kappa shape index (κ2) is 10.7. The van der Waals surface area contributed by atoms with Crippen molar-refractivity contribution >= 4 is 35.7 Å². The molecule has 5 rings (SSSR count). The summed E-state index contributed by atoms with van der Waals surface area (Å²) >= 11 is 0. The fraction of sp³-hybridized carbons (Fsp3) is 0.192. The van der Waals surface area contributed by atoms with E-state index in [0.29, 0.717) is 29.4 Å². The maximum absolute atomic E-state index is 11.0. The largest absolute Gasteiger partial charge is 0.478 e. The lowest BCUT2D eigenvalue weighted by Crippen LogP contribution is -2.31. The van der Waals surface area contributed by atoms with Crippen molar-refractivity contribution in [2.24, 2.45) is 5.10 Å². The van der Waals surface area contributed by atoms with E-state index in [4.69, 9.17) is 9.52 Å². The molecular weight excluding hydrogens is 458 g/mol. The number of carboxylic acids is 1. The van der Waals surface area contributed by atoms with Crippen LogP contribution in [-0.4, -0.2) is 45.3 Å². The molecule has 1 saturated heterocycles. The molecule has 2 aromatic heterocycles. The molecule has 3 heterocycles. The predicted octanol–water partition coefficient (Wildman–Crippen LogP) is 5.01. The normalized spacial score (nSPS) is 13.6. The molecule has 4 aromatic rings. The molecule has 2 aromatic carbocycles. The van der Waals surface area contributed by atoms with Crippen LogP contribution >= 0.6 is 0 Å². The molecule has 1 aliphatic rings. The van der Waals surface area contributed by atoms with Gasteiger partial charge in [0.15, 0.2) is 0 Å². The van der Waals surface area contributed by atoms with Crippen molar-refractivity contribution in [1.82, 2.24) is 15.0 Å². The lowest BCUT2D eigenvalue weighted by atomic mass is 10.1. The summed E-state index contributed by atoms with van der Waals surface area (Å²) in [6.07, 6.45) is 4.95. The van der Waals surface area contributed by atoms with Gasteiger partial charge in [-0.25, -0.2) is 10.2 Å². The maximum atomic E-state index is 11.0. The molecule has 0 amide bonds. The summed E-state index contributed by atoms with van der Waals surface area (Å²) in [5.41, 5.74) is 4.75. The molecule has 1 fully saturated rings. The minimum Gasteiger partial charge on any atom is -0.478 e. The van der Waals surface area contributed by atoms with Gasteiger partial charge in [-0.2, -0.15) is 20.1 Å². The van der Waals surface area contributed by atoms with Gasteiger partial charge in [-0.3, -0.25) is 0 Å². The first-order valence-electron chi connectivity index (χ1n) is 11.7. The Hall–Kier alpha value is -4.73. The van der Waals surface area contributed by atoms with Gasteiger partial charge in [0, 0.05) is 24.3 Å². The van der Waals surface area contributed by atoms with Crippen molar-refractivity contribution < 1.29 is 14.3 Å². The number of piperidine rings is 1. The SMILES string of the molecule is O=C(O)c1ccc(-c2ccc(C=NNc3nc(Nc4ccccc4)nc(N4CCCCC4)n3)o2)cc1. The van der Waals surface area contributed by atoms with Crippen LogP contribution in [0.25, 0.3) is 11.3 Å². The number of hydrogen-bond donors (Lipinski definition) is 3. The third-order valence-corrected chi connectivity index (χ3v) is 5.69. The molecule has 0 radical (unpaired) electrons. The van der Waals surface area contributed by atoms with E-state index in [2.05, 4.69) is 35.7 Å². The molecule has 10 nitrogen and oxygen atoms in total. The summed E-state index contributed by atoms with van der Waals surface area (Å²) in [4.78, 5) is 26.9. The number of aromatic nitrogens is 3. The Balaban J connectivity index is 1.31. The molecule has 0 atom stereocenters. The van der Waals surface area contributed by atoms with E-state index < -0.39 is 5.97 Å². The van der Waals surface area contributed by atoms with E-state index in [0.717, 1.165) is 37.2 Å². The number of nitrogens with one attached hydrogen (secondary N) is 2. The first-order chi connectivity index (χ1) is 17.6. The minimum absolute atomic E-state index is 0.221. The third-order valence-electron chi connectivity index (χ3n) is 5.69.